The molecule has 2 aromatic heterocycles. The summed E-state index contributed by atoms with van der Waals surface area (Å²) >= 11 is 0. The highest BCUT2D eigenvalue weighted by molar-refractivity contribution is 5.74. The monoisotopic (exact) mass is 426 g/mol. The van der Waals surface area contributed by atoms with Crippen molar-refractivity contribution in [1.29, 1.82) is 0 Å². The third kappa shape index (κ3) is 3.52. The number of aryl methyl sites for hydroxylation is 1. The summed E-state index contributed by atoms with van der Waals surface area (Å²) in [5, 5.41) is 17.9. The molecule has 1 aromatic carbocycles. The quantitative estimate of drug-likeness (QED) is 0.668. The maximum atomic E-state index is 14.9. The lowest BCUT2D eigenvalue weighted by Crippen LogP contribution is -2.55. The van der Waals surface area contributed by atoms with Crippen molar-refractivity contribution in [3.8, 4) is 28.1 Å². The van der Waals surface area contributed by atoms with E-state index in [1.54, 1.807) is 24.1 Å². The molecule has 2 bridgehead atoms. The molecular weight excluding hydrogens is 402 g/mol. The van der Waals surface area contributed by atoms with E-state index in [0.29, 0.717) is 23.1 Å². The molecule has 0 unspecified atom stereocenters. The summed E-state index contributed by atoms with van der Waals surface area (Å²) in [5.74, 6) is -0.0479. The number of aromatic hydroxyl groups is 1. The third-order valence-corrected chi connectivity index (χ3v) is 6.43. The van der Waals surface area contributed by atoms with E-state index in [0.717, 1.165) is 19.3 Å². The zero-order chi connectivity index (χ0) is 21.7. The first kappa shape index (κ1) is 19.9. The molecule has 31 heavy (non-hydrogen) atoms. The smallest absolute Gasteiger partial charge is 0.147 e. The molecule has 0 amide bonds. The van der Waals surface area contributed by atoms with Crippen LogP contribution in [0.1, 0.15) is 19.3 Å². The average molecular weight is 426 g/mol. The molecule has 0 aliphatic carbocycles. The number of benzene rings is 1. The molecule has 162 valence electrons. The van der Waals surface area contributed by atoms with Gasteiger partial charge in [0.2, 0.25) is 0 Å². The molecule has 5 rings (SSSR count). The second-order valence-electron chi connectivity index (χ2n) is 8.42. The van der Waals surface area contributed by atoms with E-state index >= 15 is 0 Å². The number of rotatable bonds is 4. The molecular formula is C22H24F2N6O. The maximum absolute atomic E-state index is 14.9. The topological polar surface area (TPSA) is 79.1 Å². The van der Waals surface area contributed by atoms with Gasteiger partial charge in [-0.15, -0.1) is 0 Å². The molecule has 2 N–H and O–H groups in total. The minimum atomic E-state index is -0.969. The largest absolute Gasteiger partial charge is 0.507 e. The van der Waals surface area contributed by atoms with Crippen molar-refractivity contribution in [3.05, 3.63) is 42.7 Å². The Kier molecular flexibility index (Phi) is 4.85. The Hall–Kier alpha value is -3.07. The highest BCUT2D eigenvalue weighted by Crippen LogP contribution is 2.36. The molecule has 4 heterocycles. The number of nitrogens with zero attached hydrogens (tertiary/aromatic N) is 5. The van der Waals surface area contributed by atoms with E-state index in [1.807, 2.05) is 11.9 Å². The molecule has 2 aliphatic rings. The van der Waals surface area contributed by atoms with Gasteiger partial charge in [0.15, 0.2) is 0 Å². The first-order valence-corrected chi connectivity index (χ1v) is 10.4. The number of nitrogens with one attached hydrogen (secondary N) is 1. The summed E-state index contributed by atoms with van der Waals surface area (Å²) in [6.07, 6.45) is 7.84. The molecule has 0 radical (unpaired) electrons. The molecule has 4 atom stereocenters. The number of phenolic OH excluding ortho intramolecular Hbond substituents is 1. The molecule has 2 fully saturated rings. The van der Waals surface area contributed by atoms with E-state index in [2.05, 4.69) is 20.4 Å². The van der Waals surface area contributed by atoms with Crippen molar-refractivity contribution in [1.82, 2.24) is 25.1 Å². The van der Waals surface area contributed by atoms with Gasteiger partial charge in [0.25, 0.3) is 0 Å². The summed E-state index contributed by atoms with van der Waals surface area (Å²) in [5.41, 5.74) is 1.42. The zero-order valence-electron chi connectivity index (χ0n) is 17.3. The van der Waals surface area contributed by atoms with Crippen LogP contribution < -0.4 is 10.2 Å². The van der Waals surface area contributed by atoms with Gasteiger partial charge in [0, 0.05) is 49.1 Å². The normalized spacial score (nSPS) is 25.0. The lowest BCUT2D eigenvalue weighted by atomic mass is 9.96. The summed E-state index contributed by atoms with van der Waals surface area (Å²) in [6.45, 7) is 0. The van der Waals surface area contributed by atoms with E-state index in [9.17, 15) is 13.9 Å². The van der Waals surface area contributed by atoms with Gasteiger partial charge in [-0.3, -0.25) is 9.67 Å². The maximum Gasteiger partial charge on any atom is 0.147 e. The minimum absolute atomic E-state index is 0.100. The Morgan fingerprint density at radius 1 is 1.16 bits per heavy atom. The number of hydrogen-bond acceptors (Lipinski definition) is 6. The SMILES string of the molecule is CN(c1cnc(-c2cc(F)c(-c3cnn(C)c3)cc2O)cn1)[C@H]1C[C@@H]2CC[C@@H](N2)[C@H]1F. The van der Waals surface area contributed by atoms with Crippen molar-refractivity contribution in [3.63, 3.8) is 0 Å². The van der Waals surface area contributed by atoms with Crippen molar-refractivity contribution < 1.29 is 13.9 Å². The third-order valence-electron chi connectivity index (χ3n) is 6.43. The Balaban J connectivity index is 1.39. The molecule has 2 saturated heterocycles. The predicted molar refractivity (Wildman–Crippen MR) is 113 cm³/mol. The number of phenols is 1. The summed E-state index contributed by atoms with van der Waals surface area (Å²) in [7, 11) is 3.56. The van der Waals surface area contributed by atoms with Crippen LogP contribution in [-0.2, 0) is 7.05 Å². The van der Waals surface area contributed by atoms with Gasteiger partial charge in [-0.1, -0.05) is 0 Å². The van der Waals surface area contributed by atoms with Crippen LogP contribution in [0, 0.1) is 5.82 Å². The van der Waals surface area contributed by atoms with Gasteiger partial charge in [-0.05, 0) is 31.4 Å². The van der Waals surface area contributed by atoms with Crippen LogP contribution in [0.2, 0.25) is 0 Å². The Morgan fingerprint density at radius 2 is 2.00 bits per heavy atom. The van der Waals surface area contributed by atoms with Crippen molar-refractivity contribution in [2.24, 2.45) is 7.05 Å². The number of alkyl halides is 1. The number of hydrogen-bond donors (Lipinski definition) is 2. The number of anilines is 1. The van der Waals surface area contributed by atoms with Crippen LogP contribution in [0.5, 0.6) is 5.75 Å². The van der Waals surface area contributed by atoms with Gasteiger partial charge in [0.05, 0.1) is 30.3 Å². The van der Waals surface area contributed by atoms with E-state index in [1.165, 1.54) is 24.5 Å². The first-order valence-electron chi connectivity index (χ1n) is 10.4. The molecule has 9 heteroatoms. The standard InChI is InChI=1S/C22H24F2N6O/c1-29-11-12(8-27-29)14-7-20(31)15(6-16(14)23)18-9-26-21(10-25-18)30(2)19-5-13-3-4-17(28-13)22(19)24/h6-11,13,17,19,22,28,31H,3-5H2,1-2H3/t13-,17+,19-,22+/m0/s1. The van der Waals surface area contributed by atoms with Crippen LogP contribution in [0.15, 0.2) is 36.9 Å². The molecule has 0 spiro atoms. The molecule has 0 saturated carbocycles. The first-order chi connectivity index (χ1) is 14.9. The van der Waals surface area contributed by atoms with Crippen LogP contribution in [-0.4, -0.2) is 56.2 Å². The lowest BCUT2D eigenvalue weighted by Gasteiger charge is -2.38. The second-order valence-corrected chi connectivity index (χ2v) is 8.42. The van der Waals surface area contributed by atoms with Gasteiger partial charge >= 0.3 is 0 Å². The summed E-state index contributed by atoms with van der Waals surface area (Å²) in [6, 6.07) is 2.59. The molecule has 2 aliphatic heterocycles. The summed E-state index contributed by atoms with van der Waals surface area (Å²) in [4.78, 5) is 10.6. The average Bonchev–Trinajstić information content (AvgIpc) is 3.38. The fraction of sp³-hybridized carbons (Fsp3) is 0.409. The van der Waals surface area contributed by atoms with Crippen LogP contribution in [0.4, 0.5) is 14.6 Å². The predicted octanol–water partition coefficient (Wildman–Crippen LogP) is 3.06. The molecule has 7 nitrogen and oxygen atoms in total. The van der Waals surface area contributed by atoms with Crippen LogP contribution in [0.3, 0.4) is 0 Å². The Labute approximate surface area is 178 Å². The van der Waals surface area contributed by atoms with Gasteiger partial charge in [-0.2, -0.15) is 5.10 Å². The minimum Gasteiger partial charge on any atom is -0.507 e. The number of aromatic nitrogens is 4. The molecule has 3 aromatic rings. The van der Waals surface area contributed by atoms with Crippen molar-refractivity contribution in [2.75, 3.05) is 11.9 Å². The number of halogens is 2. The van der Waals surface area contributed by atoms with Gasteiger partial charge < -0.3 is 15.3 Å². The van der Waals surface area contributed by atoms with Gasteiger partial charge in [0.1, 0.15) is 23.6 Å². The number of fused-ring (bicyclic) bond motifs is 2. The van der Waals surface area contributed by atoms with Crippen molar-refractivity contribution >= 4 is 5.82 Å². The van der Waals surface area contributed by atoms with Crippen LogP contribution in [0.25, 0.3) is 22.4 Å². The van der Waals surface area contributed by atoms with E-state index in [4.69, 9.17) is 0 Å². The zero-order valence-corrected chi connectivity index (χ0v) is 17.3. The van der Waals surface area contributed by atoms with E-state index < -0.39 is 12.0 Å². The van der Waals surface area contributed by atoms with Gasteiger partial charge in [-0.25, -0.2) is 13.8 Å². The highest BCUT2D eigenvalue weighted by atomic mass is 19.1. The highest BCUT2D eigenvalue weighted by Gasteiger charge is 2.43. The van der Waals surface area contributed by atoms with E-state index in [-0.39, 0.29) is 29.0 Å². The number of piperidine rings is 1. The lowest BCUT2D eigenvalue weighted by molar-refractivity contribution is 0.176. The van der Waals surface area contributed by atoms with Crippen LogP contribution >= 0.6 is 0 Å². The Bertz CT molecular complexity index is 1100. The fourth-order valence-corrected chi connectivity index (χ4v) is 4.71. The Morgan fingerprint density at radius 3 is 2.71 bits per heavy atom. The second kappa shape index (κ2) is 7.56. The van der Waals surface area contributed by atoms with Crippen molar-refractivity contribution in [2.45, 2.75) is 43.6 Å². The fourth-order valence-electron chi connectivity index (χ4n) is 4.71. The summed E-state index contributed by atoms with van der Waals surface area (Å²) < 4.78 is 31.2.